The maximum Gasteiger partial charge on any atom is 0.123 e. The third-order valence-electron chi connectivity index (χ3n) is 2.81. The van der Waals surface area contributed by atoms with Crippen LogP contribution in [0.25, 0.3) is 0 Å². The number of rotatable bonds is 4. The Morgan fingerprint density at radius 1 is 0.778 bits per heavy atom. The van der Waals surface area contributed by atoms with Crippen LogP contribution in [0.15, 0.2) is 54.6 Å². The number of alkyl halides is 2. The summed E-state index contributed by atoms with van der Waals surface area (Å²) in [6.45, 7) is 0. The number of hydrogen-bond acceptors (Lipinski definition) is 0. The van der Waals surface area contributed by atoms with Crippen LogP contribution in [0.1, 0.15) is 28.3 Å². The van der Waals surface area contributed by atoms with Crippen molar-refractivity contribution in [2.45, 2.75) is 17.2 Å². The summed E-state index contributed by atoms with van der Waals surface area (Å²) in [4.78, 5) is 0. The van der Waals surface area contributed by atoms with Gasteiger partial charge < -0.3 is 0 Å². The third-order valence-corrected chi connectivity index (χ3v) is 3.67. The summed E-state index contributed by atoms with van der Waals surface area (Å²) in [5.74, 6) is -0.256. The van der Waals surface area contributed by atoms with E-state index in [0.29, 0.717) is 6.42 Å². The molecule has 2 unspecified atom stereocenters. The molecule has 2 aromatic carbocycles. The van der Waals surface area contributed by atoms with Crippen molar-refractivity contribution in [2.24, 2.45) is 0 Å². The normalized spacial score (nSPS) is 14.2. The van der Waals surface area contributed by atoms with Crippen LogP contribution in [-0.4, -0.2) is 0 Å². The lowest BCUT2D eigenvalue weighted by atomic mass is 10.0. The number of halogens is 3. The summed E-state index contributed by atoms with van der Waals surface area (Å²) in [7, 11) is 0. The van der Waals surface area contributed by atoms with Crippen molar-refractivity contribution in [3.05, 3.63) is 71.5 Å². The van der Waals surface area contributed by atoms with E-state index in [4.69, 9.17) is 23.2 Å². The van der Waals surface area contributed by atoms with Gasteiger partial charge >= 0.3 is 0 Å². The first-order chi connectivity index (χ1) is 8.66. The lowest BCUT2D eigenvalue weighted by Crippen LogP contribution is -1.97. The van der Waals surface area contributed by atoms with Gasteiger partial charge in [0.15, 0.2) is 0 Å². The molecule has 0 amide bonds. The molecular formula is C15H13Cl2F. The molecule has 18 heavy (non-hydrogen) atoms. The monoisotopic (exact) mass is 282 g/mol. The Morgan fingerprint density at radius 3 is 1.83 bits per heavy atom. The second-order valence-electron chi connectivity index (χ2n) is 4.13. The van der Waals surface area contributed by atoms with Gasteiger partial charge in [0.1, 0.15) is 5.82 Å². The molecule has 0 aliphatic carbocycles. The van der Waals surface area contributed by atoms with Gasteiger partial charge in [-0.3, -0.25) is 0 Å². The Bertz CT molecular complexity index is 482. The van der Waals surface area contributed by atoms with E-state index in [9.17, 15) is 4.39 Å². The molecule has 0 saturated carbocycles. The van der Waals surface area contributed by atoms with Gasteiger partial charge in [-0.15, -0.1) is 23.2 Å². The summed E-state index contributed by atoms with van der Waals surface area (Å²) in [5, 5.41) is -0.355. The maximum absolute atomic E-state index is 12.8. The van der Waals surface area contributed by atoms with E-state index in [2.05, 4.69) is 0 Å². The Balaban J connectivity index is 2.03. The fourth-order valence-corrected chi connectivity index (χ4v) is 2.53. The summed E-state index contributed by atoms with van der Waals surface area (Å²) in [6, 6.07) is 16.0. The minimum atomic E-state index is -0.256. The summed E-state index contributed by atoms with van der Waals surface area (Å²) < 4.78 is 12.8. The molecule has 0 radical (unpaired) electrons. The van der Waals surface area contributed by atoms with Crippen molar-refractivity contribution in [2.75, 3.05) is 0 Å². The molecular weight excluding hydrogens is 270 g/mol. The van der Waals surface area contributed by atoms with Crippen molar-refractivity contribution >= 4 is 23.2 Å². The number of hydrogen-bond donors (Lipinski definition) is 0. The molecule has 3 heteroatoms. The predicted molar refractivity (Wildman–Crippen MR) is 74.6 cm³/mol. The van der Waals surface area contributed by atoms with Gasteiger partial charge in [0.25, 0.3) is 0 Å². The highest BCUT2D eigenvalue weighted by Crippen LogP contribution is 2.35. The fraction of sp³-hybridized carbons (Fsp3) is 0.200. The molecule has 2 rings (SSSR count). The van der Waals surface area contributed by atoms with Crippen LogP contribution >= 0.6 is 23.2 Å². The zero-order valence-electron chi connectivity index (χ0n) is 9.69. The second kappa shape index (κ2) is 6.21. The molecule has 0 aliphatic rings. The highest BCUT2D eigenvalue weighted by Gasteiger charge is 2.15. The van der Waals surface area contributed by atoms with Gasteiger partial charge in [-0.25, -0.2) is 4.39 Å². The van der Waals surface area contributed by atoms with Crippen LogP contribution in [0.2, 0.25) is 0 Å². The zero-order valence-corrected chi connectivity index (χ0v) is 11.2. The minimum absolute atomic E-state index is 0.140. The van der Waals surface area contributed by atoms with E-state index in [1.54, 1.807) is 12.1 Å². The van der Waals surface area contributed by atoms with Gasteiger partial charge in [-0.1, -0.05) is 42.5 Å². The topological polar surface area (TPSA) is 0 Å². The smallest absolute Gasteiger partial charge is 0.123 e. The van der Waals surface area contributed by atoms with E-state index in [0.717, 1.165) is 11.1 Å². The Hall–Kier alpha value is -1.05. The molecule has 0 fully saturated rings. The standard InChI is InChI=1S/C15H13Cl2F/c16-14(11-4-2-1-3-5-11)10-15(17)12-6-8-13(18)9-7-12/h1-9,14-15H,10H2. The molecule has 0 heterocycles. The first kappa shape index (κ1) is 13.4. The van der Waals surface area contributed by atoms with E-state index < -0.39 is 0 Å². The molecule has 0 aromatic heterocycles. The van der Waals surface area contributed by atoms with Crippen LogP contribution in [-0.2, 0) is 0 Å². The average Bonchev–Trinajstić information content (AvgIpc) is 2.40. The van der Waals surface area contributed by atoms with E-state index in [-0.39, 0.29) is 16.6 Å². The van der Waals surface area contributed by atoms with Crippen LogP contribution < -0.4 is 0 Å². The predicted octanol–water partition coefficient (Wildman–Crippen LogP) is 5.48. The highest BCUT2D eigenvalue weighted by molar-refractivity contribution is 6.23. The van der Waals surface area contributed by atoms with E-state index in [1.165, 1.54) is 12.1 Å². The zero-order chi connectivity index (χ0) is 13.0. The molecule has 2 aromatic rings. The van der Waals surface area contributed by atoms with Gasteiger partial charge in [0.05, 0.1) is 10.8 Å². The SMILES string of the molecule is Fc1ccc(C(Cl)CC(Cl)c2ccccc2)cc1. The summed E-state index contributed by atoms with van der Waals surface area (Å²) in [6.07, 6.45) is 0.610. The Labute approximate surface area is 116 Å². The number of benzene rings is 2. The highest BCUT2D eigenvalue weighted by atomic mass is 35.5. The van der Waals surface area contributed by atoms with Gasteiger partial charge in [0, 0.05) is 0 Å². The Kier molecular flexibility index (Phi) is 4.62. The molecule has 0 bridgehead atoms. The van der Waals surface area contributed by atoms with Crippen molar-refractivity contribution in [3.8, 4) is 0 Å². The van der Waals surface area contributed by atoms with Crippen molar-refractivity contribution in [1.82, 2.24) is 0 Å². The second-order valence-corrected chi connectivity index (χ2v) is 5.19. The molecule has 0 N–H and O–H groups in total. The molecule has 0 aliphatic heterocycles. The third kappa shape index (κ3) is 3.47. The largest absolute Gasteiger partial charge is 0.207 e. The van der Waals surface area contributed by atoms with E-state index >= 15 is 0 Å². The van der Waals surface area contributed by atoms with Crippen LogP contribution in [0.3, 0.4) is 0 Å². The van der Waals surface area contributed by atoms with Crippen molar-refractivity contribution in [1.29, 1.82) is 0 Å². The summed E-state index contributed by atoms with van der Waals surface area (Å²) in [5.41, 5.74) is 1.94. The first-order valence-corrected chi connectivity index (χ1v) is 6.62. The average molecular weight is 283 g/mol. The summed E-state index contributed by atoms with van der Waals surface area (Å²) >= 11 is 12.6. The fourth-order valence-electron chi connectivity index (χ4n) is 1.79. The quantitative estimate of drug-likeness (QED) is 0.652. The molecule has 0 spiro atoms. The molecule has 94 valence electrons. The molecule has 2 atom stereocenters. The van der Waals surface area contributed by atoms with Gasteiger partial charge in [0.2, 0.25) is 0 Å². The van der Waals surface area contributed by atoms with Crippen LogP contribution in [0.4, 0.5) is 4.39 Å². The molecule has 0 nitrogen and oxygen atoms in total. The first-order valence-electron chi connectivity index (χ1n) is 5.75. The van der Waals surface area contributed by atoms with Crippen molar-refractivity contribution < 1.29 is 4.39 Å². The lowest BCUT2D eigenvalue weighted by molar-refractivity contribution is 0.626. The van der Waals surface area contributed by atoms with Crippen LogP contribution in [0, 0.1) is 5.82 Å². The lowest BCUT2D eigenvalue weighted by Gasteiger charge is -2.14. The maximum atomic E-state index is 12.8. The van der Waals surface area contributed by atoms with Crippen LogP contribution in [0.5, 0.6) is 0 Å². The van der Waals surface area contributed by atoms with Gasteiger partial charge in [-0.05, 0) is 29.7 Å². The van der Waals surface area contributed by atoms with Crippen molar-refractivity contribution in [3.63, 3.8) is 0 Å². The molecule has 0 saturated heterocycles. The van der Waals surface area contributed by atoms with E-state index in [1.807, 2.05) is 30.3 Å². The van der Waals surface area contributed by atoms with Gasteiger partial charge in [-0.2, -0.15) is 0 Å². The Morgan fingerprint density at radius 2 is 1.28 bits per heavy atom. The minimum Gasteiger partial charge on any atom is -0.207 e.